The van der Waals surface area contributed by atoms with Crippen LogP contribution in [-0.4, -0.2) is 21.5 Å². The van der Waals surface area contributed by atoms with E-state index in [0.717, 1.165) is 12.8 Å². The second-order valence-electron chi connectivity index (χ2n) is 5.32. The summed E-state index contributed by atoms with van der Waals surface area (Å²) in [4.78, 5) is 11.8. The zero-order valence-electron chi connectivity index (χ0n) is 14.3. The zero-order chi connectivity index (χ0) is 16.8. The van der Waals surface area contributed by atoms with Gasteiger partial charge in [-0.1, -0.05) is 45.4 Å². The number of nitrogens with one attached hydrogen (secondary N) is 2. The number of hydrogen-bond acceptors (Lipinski definition) is 3. The number of nitrogens with zero attached hydrogens (tertiary/aromatic N) is 2. The van der Waals surface area contributed by atoms with Crippen molar-refractivity contribution in [3.05, 3.63) is 41.1 Å². The fourth-order valence-electron chi connectivity index (χ4n) is 2.59. The van der Waals surface area contributed by atoms with Crippen LogP contribution in [0.4, 0.5) is 10.2 Å². The van der Waals surface area contributed by atoms with E-state index in [-0.39, 0.29) is 5.82 Å². The van der Waals surface area contributed by atoms with Gasteiger partial charge < -0.3 is 10.3 Å². The molecule has 0 radical (unpaired) electrons. The molecule has 1 aliphatic carbocycles. The predicted molar refractivity (Wildman–Crippen MR) is 94.3 cm³/mol. The molecule has 3 rings (SSSR count). The van der Waals surface area contributed by atoms with Crippen LogP contribution in [-0.2, 0) is 6.42 Å². The summed E-state index contributed by atoms with van der Waals surface area (Å²) in [6.45, 7) is 8.52. The molecular weight excluding hydrogens is 291 g/mol. The maximum atomic E-state index is 14.5. The first kappa shape index (κ1) is 17.2. The van der Waals surface area contributed by atoms with Crippen molar-refractivity contribution in [3.8, 4) is 0 Å². The Balaban J connectivity index is 0.000000924. The smallest absolute Gasteiger partial charge is 0.157 e. The van der Waals surface area contributed by atoms with Crippen LogP contribution in [0.5, 0.6) is 0 Å². The Morgan fingerprint density at radius 1 is 1.30 bits per heavy atom. The van der Waals surface area contributed by atoms with E-state index in [2.05, 4.69) is 32.4 Å². The van der Waals surface area contributed by atoms with E-state index in [9.17, 15) is 4.39 Å². The third kappa shape index (κ3) is 3.78. The molecule has 23 heavy (non-hydrogen) atoms. The van der Waals surface area contributed by atoms with E-state index in [1.165, 1.54) is 5.57 Å². The molecule has 2 N–H and O–H groups in total. The van der Waals surface area contributed by atoms with Gasteiger partial charge in [-0.15, -0.1) is 0 Å². The van der Waals surface area contributed by atoms with Crippen molar-refractivity contribution in [2.24, 2.45) is 0 Å². The Morgan fingerprint density at radius 2 is 2.09 bits per heavy atom. The van der Waals surface area contributed by atoms with Gasteiger partial charge in [-0.2, -0.15) is 0 Å². The number of H-pyrrole nitrogens is 1. The van der Waals surface area contributed by atoms with Crippen LogP contribution in [0.2, 0.25) is 0 Å². The van der Waals surface area contributed by atoms with E-state index in [1.54, 1.807) is 0 Å². The molecule has 0 amide bonds. The normalized spacial score (nSPS) is 13.0. The van der Waals surface area contributed by atoms with E-state index in [0.29, 0.717) is 41.3 Å². The highest BCUT2D eigenvalue weighted by Crippen LogP contribution is 2.27. The maximum absolute atomic E-state index is 14.5. The molecule has 2 aromatic heterocycles. The number of hydrogen-bond donors (Lipinski definition) is 2. The second-order valence-corrected chi connectivity index (χ2v) is 5.32. The average Bonchev–Trinajstić information content (AvgIpc) is 3.16. The molecule has 0 unspecified atom stereocenters. The van der Waals surface area contributed by atoms with Crippen molar-refractivity contribution in [3.63, 3.8) is 0 Å². The summed E-state index contributed by atoms with van der Waals surface area (Å²) in [6, 6.07) is 0. The molecule has 0 bridgehead atoms. The summed E-state index contributed by atoms with van der Waals surface area (Å²) < 4.78 is 14.5. The monoisotopic (exact) mass is 316 g/mol. The van der Waals surface area contributed by atoms with Crippen molar-refractivity contribution in [1.29, 1.82) is 0 Å². The lowest BCUT2D eigenvalue weighted by molar-refractivity contribution is 0.616. The third-order valence-electron chi connectivity index (χ3n) is 3.61. The van der Waals surface area contributed by atoms with Crippen LogP contribution in [0.1, 0.15) is 45.1 Å². The Hall–Kier alpha value is -2.17. The molecule has 124 valence electrons. The molecule has 5 heteroatoms. The molecule has 0 atom stereocenters. The Kier molecular flexibility index (Phi) is 5.90. The summed E-state index contributed by atoms with van der Waals surface area (Å²) in [5.41, 5.74) is 2.45. The Labute approximate surface area is 136 Å². The number of anilines is 1. The molecule has 0 aromatic carbocycles. The van der Waals surface area contributed by atoms with Crippen molar-refractivity contribution in [2.75, 3.05) is 11.9 Å². The Bertz CT molecular complexity index is 728. The summed E-state index contributed by atoms with van der Waals surface area (Å²) in [7, 11) is 0. The van der Waals surface area contributed by atoms with Gasteiger partial charge in [-0.05, 0) is 25.3 Å². The molecule has 2 heterocycles. The van der Waals surface area contributed by atoms with Gasteiger partial charge >= 0.3 is 0 Å². The molecule has 0 fully saturated rings. The third-order valence-corrected chi connectivity index (χ3v) is 3.61. The van der Waals surface area contributed by atoms with E-state index >= 15 is 0 Å². The molecule has 2 aromatic rings. The van der Waals surface area contributed by atoms with Crippen LogP contribution in [0.15, 0.2) is 23.8 Å². The number of aromatic nitrogens is 3. The Morgan fingerprint density at radius 3 is 2.74 bits per heavy atom. The zero-order valence-corrected chi connectivity index (χ0v) is 14.3. The summed E-state index contributed by atoms with van der Waals surface area (Å²) in [5, 5.41) is 3.72. The number of fused-ring (bicyclic) bond motifs is 1. The van der Waals surface area contributed by atoms with Gasteiger partial charge in [0.05, 0.1) is 11.1 Å². The van der Waals surface area contributed by atoms with Gasteiger partial charge in [0.15, 0.2) is 5.82 Å². The first-order chi connectivity index (χ1) is 11.2. The number of aromatic amines is 1. The van der Waals surface area contributed by atoms with Crippen molar-refractivity contribution >= 4 is 16.9 Å². The largest absolute Gasteiger partial charge is 0.366 e. The second kappa shape index (κ2) is 7.90. The van der Waals surface area contributed by atoms with Crippen molar-refractivity contribution in [1.82, 2.24) is 15.0 Å². The van der Waals surface area contributed by atoms with Gasteiger partial charge in [-0.25, -0.2) is 14.4 Å². The lowest BCUT2D eigenvalue weighted by Gasteiger charge is -2.08. The molecule has 0 saturated carbocycles. The van der Waals surface area contributed by atoms with Gasteiger partial charge in [-0.3, -0.25) is 0 Å². The summed E-state index contributed by atoms with van der Waals surface area (Å²) in [5.74, 6) is 0.974. The number of halogens is 1. The van der Waals surface area contributed by atoms with E-state index in [1.807, 2.05) is 33.8 Å². The molecule has 4 nitrogen and oxygen atoms in total. The minimum atomic E-state index is -0.229. The van der Waals surface area contributed by atoms with Crippen molar-refractivity contribution < 1.29 is 4.39 Å². The van der Waals surface area contributed by atoms with Gasteiger partial charge in [0.1, 0.15) is 17.3 Å². The number of allylic oxidation sites excluding steroid dienone is 3. The highest BCUT2D eigenvalue weighted by Gasteiger charge is 2.17. The maximum Gasteiger partial charge on any atom is 0.157 e. The summed E-state index contributed by atoms with van der Waals surface area (Å²) in [6.07, 6.45) is 8.72. The topological polar surface area (TPSA) is 53.6 Å². The molecule has 0 spiro atoms. The fraction of sp³-hybridized carbons (Fsp3) is 0.444. The van der Waals surface area contributed by atoms with Gasteiger partial charge in [0, 0.05) is 6.54 Å². The van der Waals surface area contributed by atoms with Crippen LogP contribution in [0.3, 0.4) is 0 Å². The highest BCUT2D eigenvalue weighted by atomic mass is 19.1. The highest BCUT2D eigenvalue weighted by molar-refractivity contribution is 5.88. The van der Waals surface area contributed by atoms with Crippen LogP contribution >= 0.6 is 0 Å². The quantitative estimate of drug-likeness (QED) is 0.842. The number of rotatable bonds is 5. The predicted octanol–water partition coefficient (Wildman–Crippen LogP) is 4.68. The number of aryl methyl sites for hydroxylation is 2. The fourth-order valence-corrected chi connectivity index (χ4v) is 2.59. The van der Waals surface area contributed by atoms with Gasteiger partial charge in [0.25, 0.3) is 0 Å². The molecule has 0 saturated heterocycles. The first-order valence-corrected chi connectivity index (χ1v) is 8.32. The SMILES string of the molecule is CC.CCCc1[nH]c2nc(C)nc(NCC3=CC=CC3)c2c1F. The molecule has 1 aliphatic rings. The molecular formula is C18H25FN4. The standard InChI is InChI=1S/C16H19FN4.C2H6/c1-3-6-12-14(17)13-15(18-9-11-7-4-5-8-11)19-10(2)20-16(13)21-12;1-2/h4-5,7H,3,6,8-9H2,1-2H3,(H2,18,19,20,21);1-2H3. The van der Waals surface area contributed by atoms with E-state index < -0.39 is 0 Å². The summed E-state index contributed by atoms with van der Waals surface area (Å²) >= 11 is 0. The average molecular weight is 316 g/mol. The van der Waals surface area contributed by atoms with Crippen LogP contribution < -0.4 is 5.32 Å². The van der Waals surface area contributed by atoms with E-state index in [4.69, 9.17) is 0 Å². The molecule has 0 aliphatic heterocycles. The lowest BCUT2D eigenvalue weighted by atomic mass is 10.2. The lowest BCUT2D eigenvalue weighted by Crippen LogP contribution is -2.07. The first-order valence-electron chi connectivity index (χ1n) is 8.32. The van der Waals surface area contributed by atoms with Crippen LogP contribution in [0.25, 0.3) is 11.0 Å². The van der Waals surface area contributed by atoms with Gasteiger partial charge in [0.2, 0.25) is 0 Å². The van der Waals surface area contributed by atoms with Crippen LogP contribution in [0, 0.1) is 12.7 Å². The van der Waals surface area contributed by atoms with Crippen molar-refractivity contribution in [2.45, 2.75) is 47.0 Å². The minimum Gasteiger partial charge on any atom is -0.366 e. The minimum absolute atomic E-state index is 0.229.